The zero-order valence-electron chi connectivity index (χ0n) is 10.2. The molecular weight excluding hydrogens is 210 g/mol. The summed E-state index contributed by atoms with van der Waals surface area (Å²) in [4.78, 5) is 4.25. The number of rotatable bonds is 3. The summed E-state index contributed by atoms with van der Waals surface area (Å²) in [5, 5.41) is 3.34. The van der Waals surface area contributed by atoms with Crippen LogP contribution in [-0.2, 0) is 6.42 Å². The van der Waals surface area contributed by atoms with E-state index in [4.69, 9.17) is 5.73 Å². The third-order valence-corrected chi connectivity index (χ3v) is 2.76. The van der Waals surface area contributed by atoms with Gasteiger partial charge in [-0.3, -0.25) is 0 Å². The maximum absolute atomic E-state index is 5.67. The van der Waals surface area contributed by atoms with Gasteiger partial charge in [0.2, 0.25) is 0 Å². The maximum Gasteiger partial charge on any atom is 0.132 e. The molecule has 1 heterocycles. The number of pyridine rings is 1. The summed E-state index contributed by atoms with van der Waals surface area (Å²) in [6, 6.07) is 11.9. The lowest BCUT2D eigenvalue weighted by Crippen LogP contribution is -2.01. The lowest BCUT2D eigenvalue weighted by molar-refractivity contribution is 1.13. The molecule has 0 atom stereocenters. The predicted molar refractivity (Wildman–Crippen MR) is 72.5 cm³/mol. The van der Waals surface area contributed by atoms with Gasteiger partial charge in [0.25, 0.3) is 0 Å². The summed E-state index contributed by atoms with van der Waals surface area (Å²) >= 11 is 0. The Morgan fingerprint density at radius 1 is 1.18 bits per heavy atom. The first-order valence-electron chi connectivity index (χ1n) is 5.78. The van der Waals surface area contributed by atoms with E-state index < -0.39 is 0 Å². The average Bonchev–Trinajstić information content (AvgIpc) is 2.32. The number of nitrogens with zero attached hydrogens (tertiary/aromatic N) is 1. The number of hydrogen-bond acceptors (Lipinski definition) is 3. The van der Waals surface area contributed by atoms with Crippen molar-refractivity contribution in [2.75, 3.05) is 11.1 Å². The number of nitrogens with one attached hydrogen (secondary N) is 1. The molecule has 0 bridgehead atoms. The number of nitrogen functional groups attached to an aromatic ring is 1. The summed E-state index contributed by atoms with van der Waals surface area (Å²) in [6.07, 6.45) is 0.992. The molecule has 1 aromatic carbocycles. The van der Waals surface area contributed by atoms with Crippen molar-refractivity contribution in [3.05, 3.63) is 47.5 Å². The summed E-state index contributed by atoms with van der Waals surface area (Å²) in [5.41, 5.74) is 9.30. The van der Waals surface area contributed by atoms with Gasteiger partial charge >= 0.3 is 0 Å². The Balaban J connectivity index is 2.35. The van der Waals surface area contributed by atoms with Crippen LogP contribution in [0.4, 0.5) is 17.3 Å². The Hall–Kier alpha value is -2.03. The average molecular weight is 227 g/mol. The molecule has 3 N–H and O–H groups in total. The normalized spacial score (nSPS) is 10.2. The van der Waals surface area contributed by atoms with E-state index in [-0.39, 0.29) is 0 Å². The summed E-state index contributed by atoms with van der Waals surface area (Å²) < 4.78 is 0. The highest BCUT2D eigenvalue weighted by molar-refractivity contribution is 5.65. The van der Waals surface area contributed by atoms with Gasteiger partial charge in [-0.15, -0.1) is 0 Å². The van der Waals surface area contributed by atoms with Gasteiger partial charge in [0.05, 0.1) is 0 Å². The molecule has 0 amide bonds. The van der Waals surface area contributed by atoms with Crippen molar-refractivity contribution in [1.82, 2.24) is 4.98 Å². The van der Waals surface area contributed by atoms with Crippen molar-refractivity contribution >= 4 is 17.3 Å². The van der Waals surface area contributed by atoms with E-state index in [1.54, 1.807) is 6.07 Å². The summed E-state index contributed by atoms with van der Waals surface area (Å²) in [7, 11) is 0. The van der Waals surface area contributed by atoms with Gasteiger partial charge in [-0.2, -0.15) is 0 Å². The molecule has 0 aliphatic heterocycles. The molecule has 2 rings (SSSR count). The van der Waals surface area contributed by atoms with E-state index in [2.05, 4.69) is 42.3 Å². The summed E-state index contributed by atoms with van der Waals surface area (Å²) in [6.45, 7) is 4.24. The van der Waals surface area contributed by atoms with Gasteiger partial charge in [-0.25, -0.2) is 4.98 Å². The van der Waals surface area contributed by atoms with Gasteiger partial charge in [0.1, 0.15) is 11.6 Å². The first kappa shape index (κ1) is 11.5. The number of benzene rings is 1. The lowest BCUT2D eigenvalue weighted by atomic mass is 10.1. The van der Waals surface area contributed by atoms with Crippen molar-refractivity contribution in [2.24, 2.45) is 0 Å². The molecule has 3 heteroatoms. The van der Waals surface area contributed by atoms with Crippen LogP contribution in [0.15, 0.2) is 36.4 Å². The van der Waals surface area contributed by atoms with E-state index >= 15 is 0 Å². The minimum atomic E-state index is 0.529. The third kappa shape index (κ3) is 2.56. The minimum absolute atomic E-state index is 0.529. The maximum atomic E-state index is 5.67. The van der Waals surface area contributed by atoms with E-state index in [1.165, 1.54) is 11.1 Å². The Labute approximate surface area is 102 Å². The molecule has 0 aliphatic carbocycles. The minimum Gasteiger partial charge on any atom is -0.384 e. The fourth-order valence-electron chi connectivity index (χ4n) is 1.85. The van der Waals surface area contributed by atoms with Gasteiger partial charge < -0.3 is 11.1 Å². The standard InChI is InChI=1S/C14H17N3/c1-3-11-7-4-6-10(2)14(11)17-13-9-5-8-12(15)16-13/h4-9H,3H2,1-2H3,(H3,15,16,17). The molecule has 0 saturated heterocycles. The number of para-hydroxylation sites is 1. The van der Waals surface area contributed by atoms with Crippen LogP contribution in [0.2, 0.25) is 0 Å². The molecule has 0 aliphatic rings. The molecule has 3 nitrogen and oxygen atoms in total. The van der Waals surface area contributed by atoms with Crippen LogP contribution < -0.4 is 11.1 Å². The van der Waals surface area contributed by atoms with Crippen LogP contribution in [0, 0.1) is 6.92 Å². The largest absolute Gasteiger partial charge is 0.384 e. The monoisotopic (exact) mass is 227 g/mol. The second-order valence-corrected chi connectivity index (χ2v) is 4.04. The lowest BCUT2D eigenvalue weighted by Gasteiger charge is -2.13. The fourth-order valence-corrected chi connectivity index (χ4v) is 1.85. The van der Waals surface area contributed by atoms with E-state index in [9.17, 15) is 0 Å². The van der Waals surface area contributed by atoms with Crippen LogP contribution in [-0.4, -0.2) is 4.98 Å². The molecule has 1 aromatic heterocycles. The van der Waals surface area contributed by atoms with Crippen LogP contribution in [0.3, 0.4) is 0 Å². The van der Waals surface area contributed by atoms with Gasteiger partial charge in [-0.1, -0.05) is 31.2 Å². The molecule has 17 heavy (non-hydrogen) atoms. The molecular formula is C14H17N3. The molecule has 0 spiro atoms. The number of anilines is 3. The highest BCUT2D eigenvalue weighted by Crippen LogP contribution is 2.24. The molecule has 0 saturated carbocycles. The first-order chi connectivity index (χ1) is 8.20. The van der Waals surface area contributed by atoms with E-state index in [1.807, 2.05) is 12.1 Å². The van der Waals surface area contributed by atoms with Crippen molar-refractivity contribution < 1.29 is 0 Å². The van der Waals surface area contributed by atoms with Crippen molar-refractivity contribution in [2.45, 2.75) is 20.3 Å². The molecule has 88 valence electrons. The highest BCUT2D eigenvalue weighted by Gasteiger charge is 2.04. The van der Waals surface area contributed by atoms with Crippen LogP contribution >= 0.6 is 0 Å². The van der Waals surface area contributed by atoms with E-state index in [0.29, 0.717) is 5.82 Å². The second-order valence-electron chi connectivity index (χ2n) is 4.04. The number of aryl methyl sites for hydroxylation is 2. The summed E-state index contributed by atoms with van der Waals surface area (Å²) in [5.74, 6) is 1.32. The quantitative estimate of drug-likeness (QED) is 0.846. The van der Waals surface area contributed by atoms with Crippen molar-refractivity contribution in [3.63, 3.8) is 0 Å². The van der Waals surface area contributed by atoms with Crippen LogP contribution in [0.25, 0.3) is 0 Å². The Morgan fingerprint density at radius 3 is 2.65 bits per heavy atom. The SMILES string of the molecule is CCc1cccc(C)c1Nc1cccc(N)n1. The molecule has 0 radical (unpaired) electrons. The predicted octanol–water partition coefficient (Wildman–Crippen LogP) is 3.28. The first-order valence-corrected chi connectivity index (χ1v) is 5.78. The van der Waals surface area contributed by atoms with Crippen LogP contribution in [0.1, 0.15) is 18.1 Å². The highest BCUT2D eigenvalue weighted by atomic mass is 15.0. The van der Waals surface area contributed by atoms with Gasteiger partial charge in [0, 0.05) is 5.69 Å². The Kier molecular flexibility index (Phi) is 3.28. The van der Waals surface area contributed by atoms with Crippen molar-refractivity contribution in [1.29, 1.82) is 0 Å². The Bertz CT molecular complexity index is 521. The smallest absolute Gasteiger partial charge is 0.132 e. The topological polar surface area (TPSA) is 50.9 Å². The fraction of sp³-hybridized carbons (Fsp3) is 0.214. The van der Waals surface area contributed by atoms with Gasteiger partial charge in [-0.05, 0) is 36.6 Å². The zero-order valence-corrected chi connectivity index (χ0v) is 10.2. The van der Waals surface area contributed by atoms with E-state index in [0.717, 1.165) is 17.9 Å². The van der Waals surface area contributed by atoms with Crippen LogP contribution in [0.5, 0.6) is 0 Å². The molecule has 0 fully saturated rings. The third-order valence-electron chi connectivity index (χ3n) is 2.76. The van der Waals surface area contributed by atoms with Crippen molar-refractivity contribution in [3.8, 4) is 0 Å². The zero-order chi connectivity index (χ0) is 12.3. The number of aromatic nitrogens is 1. The number of hydrogen-bond donors (Lipinski definition) is 2. The second kappa shape index (κ2) is 4.87. The number of nitrogens with two attached hydrogens (primary N) is 1. The van der Waals surface area contributed by atoms with Gasteiger partial charge in [0.15, 0.2) is 0 Å². The molecule has 0 unspecified atom stereocenters. The Morgan fingerprint density at radius 2 is 1.94 bits per heavy atom. The molecule has 2 aromatic rings.